The molecule has 0 unspecified atom stereocenters. The number of fused-ring (bicyclic) bond motifs is 1. The molecule has 0 saturated heterocycles. The molecule has 1 aromatic carbocycles. The van der Waals surface area contributed by atoms with Crippen LogP contribution in [0.1, 0.15) is 13.8 Å². The summed E-state index contributed by atoms with van der Waals surface area (Å²) in [5.74, 6) is 0. The number of nitrogens with one attached hydrogen (secondary N) is 2. The van der Waals surface area contributed by atoms with Gasteiger partial charge < -0.3 is 9.97 Å². The van der Waals surface area contributed by atoms with Crippen LogP contribution in [-0.4, -0.2) is 35.8 Å². The Morgan fingerprint density at radius 1 is 1.00 bits per heavy atom. The van der Waals surface area contributed by atoms with Gasteiger partial charge in [-0.2, -0.15) is 4.31 Å². The van der Waals surface area contributed by atoms with Crippen LogP contribution < -0.4 is 11.1 Å². The largest absolute Gasteiger partial charge is 0.316 e. The Bertz CT molecular complexity index is 847. The highest BCUT2D eigenvalue weighted by Gasteiger charge is 2.21. The van der Waals surface area contributed by atoms with E-state index in [4.69, 9.17) is 0 Å². The zero-order chi connectivity index (χ0) is 14.9. The molecule has 0 saturated carbocycles. The first-order valence-electron chi connectivity index (χ1n) is 6.16. The Labute approximate surface area is 115 Å². The van der Waals surface area contributed by atoms with Gasteiger partial charge in [0, 0.05) is 13.1 Å². The Morgan fingerprint density at radius 3 is 2.10 bits per heavy atom. The second-order valence-electron chi connectivity index (χ2n) is 4.20. The molecule has 8 heteroatoms. The van der Waals surface area contributed by atoms with E-state index in [0.717, 1.165) is 0 Å². The summed E-state index contributed by atoms with van der Waals surface area (Å²) in [4.78, 5) is 27.3. The molecule has 0 fully saturated rings. The second-order valence-corrected chi connectivity index (χ2v) is 6.14. The molecule has 108 valence electrons. The molecule has 2 aromatic rings. The summed E-state index contributed by atoms with van der Waals surface area (Å²) >= 11 is 0. The van der Waals surface area contributed by atoms with E-state index in [1.807, 2.05) is 0 Å². The maximum atomic E-state index is 12.4. The van der Waals surface area contributed by atoms with Gasteiger partial charge in [0.25, 0.3) is 0 Å². The third-order valence-electron chi connectivity index (χ3n) is 3.04. The van der Waals surface area contributed by atoms with Crippen molar-refractivity contribution in [3.63, 3.8) is 0 Å². The lowest BCUT2D eigenvalue weighted by molar-refractivity contribution is 0.445. The van der Waals surface area contributed by atoms with Crippen LogP contribution in [0, 0.1) is 0 Å². The van der Waals surface area contributed by atoms with Crippen molar-refractivity contribution in [1.29, 1.82) is 0 Å². The van der Waals surface area contributed by atoms with Gasteiger partial charge in [-0.15, -0.1) is 0 Å². The summed E-state index contributed by atoms with van der Waals surface area (Å²) in [5, 5.41) is 0. The van der Waals surface area contributed by atoms with Gasteiger partial charge in [-0.25, -0.2) is 8.42 Å². The number of hydrogen-bond acceptors (Lipinski definition) is 4. The lowest BCUT2D eigenvalue weighted by atomic mass is 10.3. The predicted octanol–water partition coefficient (Wildman–Crippen LogP) is 0.247. The quantitative estimate of drug-likeness (QED) is 0.789. The van der Waals surface area contributed by atoms with Crippen LogP contribution in [-0.2, 0) is 10.0 Å². The van der Waals surface area contributed by atoms with Crippen molar-refractivity contribution >= 4 is 21.1 Å². The maximum absolute atomic E-state index is 12.4. The first-order valence-corrected chi connectivity index (χ1v) is 7.60. The molecule has 0 aliphatic heterocycles. The lowest BCUT2D eigenvalue weighted by Crippen LogP contribution is -2.31. The van der Waals surface area contributed by atoms with Crippen molar-refractivity contribution < 1.29 is 8.42 Å². The topological polar surface area (TPSA) is 103 Å². The number of sulfonamides is 1. The highest BCUT2D eigenvalue weighted by atomic mass is 32.2. The highest BCUT2D eigenvalue weighted by molar-refractivity contribution is 7.89. The Balaban J connectivity index is 2.65. The highest BCUT2D eigenvalue weighted by Crippen LogP contribution is 2.18. The Morgan fingerprint density at radius 2 is 1.55 bits per heavy atom. The van der Waals surface area contributed by atoms with Crippen LogP contribution in [0.5, 0.6) is 0 Å². The van der Waals surface area contributed by atoms with E-state index in [0.29, 0.717) is 18.6 Å². The molecule has 1 aromatic heterocycles. The third-order valence-corrected chi connectivity index (χ3v) is 5.08. The number of rotatable bonds is 4. The van der Waals surface area contributed by atoms with Gasteiger partial charge in [0.1, 0.15) is 0 Å². The molecule has 0 aliphatic carbocycles. The molecule has 2 N–H and O–H groups in total. The molecule has 1 heterocycles. The average molecular weight is 297 g/mol. The Kier molecular flexibility index (Phi) is 3.78. The Hall–Kier alpha value is -1.93. The summed E-state index contributed by atoms with van der Waals surface area (Å²) < 4.78 is 26.0. The van der Waals surface area contributed by atoms with Gasteiger partial charge in [-0.3, -0.25) is 9.59 Å². The van der Waals surface area contributed by atoms with E-state index >= 15 is 0 Å². The minimum Gasteiger partial charge on any atom is -0.316 e. The fourth-order valence-electron chi connectivity index (χ4n) is 1.97. The lowest BCUT2D eigenvalue weighted by Gasteiger charge is -2.18. The molecule has 0 atom stereocenters. The summed E-state index contributed by atoms with van der Waals surface area (Å²) in [6.45, 7) is 4.22. The second kappa shape index (κ2) is 5.22. The van der Waals surface area contributed by atoms with Crippen molar-refractivity contribution in [3.8, 4) is 0 Å². The van der Waals surface area contributed by atoms with Crippen molar-refractivity contribution in [2.75, 3.05) is 13.1 Å². The van der Waals surface area contributed by atoms with Gasteiger partial charge in [0.2, 0.25) is 10.0 Å². The number of benzene rings is 1. The zero-order valence-corrected chi connectivity index (χ0v) is 12.0. The van der Waals surface area contributed by atoms with Gasteiger partial charge in [0.05, 0.1) is 15.9 Å². The molecule has 0 bridgehead atoms. The summed E-state index contributed by atoms with van der Waals surface area (Å²) in [6.07, 6.45) is 0. The van der Waals surface area contributed by atoms with Crippen LogP contribution in [0.15, 0.2) is 32.7 Å². The molecule has 0 radical (unpaired) electrons. The van der Waals surface area contributed by atoms with E-state index in [9.17, 15) is 18.0 Å². The summed E-state index contributed by atoms with van der Waals surface area (Å²) in [5.41, 5.74) is -0.914. The molecular weight excluding hydrogens is 282 g/mol. The molecule has 0 aliphatic rings. The summed E-state index contributed by atoms with van der Waals surface area (Å²) in [6, 6.07) is 4.22. The monoisotopic (exact) mass is 297 g/mol. The van der Waals surface area contributed by atoms with Gasteiger partial charge in [-0.1, -0.05) is 13.8 Å². The first-order chi connectivity index (χ1) is 9.40. The number of aromatic nitrogens is 2. The molecule has 20 heavy (non-hydrogen) atoms. The normalized spacial score (nSPS) is 12.2. The fourth-order valence-corrected chi connectivity index (χ4v) is 3.45. The SMILES string of the molecule is CCN(CC)S(=O)(=O)c1ccc2[nH]c(=O)c(=O)[nH]c2c1. The van der Waals surface area contributed by atoms with Crippen molar-refractivity contribution in [2.45, 2.75) is 18.7 Å². The third kappa shape index (κ3) is 2.39. The van der Waals surface area contributed by atoms with Gasteiger partial charge >= 0.3 is 11.1 Å². The van der Waals surface area contributed by atoms with Crippen LogP contribution >= 0.6 is 0 Å². The molecule has 0 spiro atoms. The van der Waals surface area contributed by atoms with Gasteiger partial charge in [0.15, 0.2) is 0 Å². The first kappa shape index (κ1) is 14.5. The molecular formula is C12H15N3O4S. The van der Waals surface area contributed by atoms with E-state index < -0.39 is 21.1 Å². The number of nitrogens with zero attached hydrogens (tertiary/aromatic N) is 1. The number of aromatic amines is 2. The van der Waals surface area contributed by atoms with Crippen LogP contribution in [0.2, 0.25) is 0 Å². The van der Waals surface area contributed by atoms with Crippen molar-refractivity contribution in [3.05, 3.63) is 38.9 Å². The average Bonchev–Trinajstić information content (AvgIpc) is 2.40. The molecule has 2 rings (SSSR count). The summed E-state index contributed by atoms with van der Waals surface area (Å²) in [7, 11) is -3.60. The van der Waals surface area contributed by atoms with Crippen LogP contribution in [0.3, 0.4) is 0 Å². The minimum atomic E-state index is -3.60. The molecule has 0 amide bonds. The van der Waals surface area contributed by atoms with E-state index in [1.165, 1.54) is 22.5 Å². The van der Waals surface area contributed by atoms with Crippen LogP contribution in [0.4, 0.5) is 0 Å². The van der Waals surface area contributed by atoms with Crippen molar-refractivity contribution in [1.82, 2.24) is 14.3 Å². The molecule has 7 nitrogen and oxygen atoms in total. The predicted molar refractivity (Wildman–Crippen MR) is 75.3 cm³/mol. The van der Waals surface area contributed by atoms with Crippen LogP contribution in [0.25, 0.3) is 11.0 Å². The van der Waals surface area contributed by atoms with E-state index in [-0.39, 0.29) is 10.4 Å². The number of H-pyrrole nitrogens is 2. The number of hydrogen-bond donors (Lipinski definition) is 2. The van der Waals surface area contributed by atoms with Crippen molar-refractivity contribution in [2.24, 2.45) is 0 Å². The standard InChI is InChI=1S/C12H15N3O4S/c1-3-15(4-2)20(18,19)8-5-6-9-10(7-8)14-12(17)11(16)13-9/h5-7H,3-4H2,1-2H3,(H,13,16)(H,14,17). The van der Waals surface area contributed by atoms with E-state index in [2.05, 4.69) is 9.97 Å². The maximum Gasteiger partial charge on any atom is 0.314 e. The van der Waals surface area contributed by atoms with E-state index in [1.54, 1.807) is 13.8 Å². The zero-order valence-electron chi connectivity index (χ0n) is 11.1. The minimum absolute atomic E-state index is 0.0800. The smallest absolute Gasteiger partial charge is 0.314 e. The fraction of sp³-hybridized carbons (Fsp3) is 0.333. The van der Waals surface area contributed by atoms with Gasteiger partial charge in [-0.05, 0) is 18.2 Å².